The van der Waals surface area contributed by atoms with Gasteiger partial charge in [0.25, 0.3) is 0 Å². The van der Waals surface area contributed by atoms with Gasteiger partial charge in [0.05, 0.1) is 0 Å². The van der Waals surface area contributed by atoms with Crippen molar-refractivity contribution in [2.45, 2.75) is 11.6 Å². The van der Waals surface area contributed by atoms with Crippen LogP contribution in [-0.2, 0) is 0 Å². The summed E-state index contributed by atoms with van der Waals surface area (Å²) in [6.45, 7) is 0. The van der Waals surface area contributed by atoms with Gasteiger partial charge in [-0.05, 0) is 23.7 Å². The van der Waals surface area contributed by atoms with Crippen molar-refractivity contribution in [1.82, 2.24) is 0 Å². The van der Waals surface area contributed by atoms with Crippen LogP contribution in [0.25, 0.3) is 0 Å². The third-order valence-electron chi connectivity index (χ3n) is 2.10. The van der Waals surface area contributed by atoms with E-state index in [2.05, 4.69) is 0 Å². The van der Waals surface area contributed by atoms with Crippen molar-refractivity contribution in [3.63, 3.8) is 0 Å². The van der Waals surface area contributed by atoms with Crippen LogP contribution in [0.4, 0.5) is 0 Å². The van der Waals surface area contributed by atoms with Crippen LogP contribution in [0.1, 0.15) is 11.1 Å². The standard InChI is InChI=1S/C8H7Cl7Si2/c9-7-3-1-6(2-4-7)8(17(13,14)15)5-16(10,11)12/h1-4,8H,5H2/t8-/m0/s1. The van der Waals surface area contributed by atoms with Crippen molar-refractivity contribution in [3.8, 4) is 0 Å². The molecular formula is C8H7Cl7Si2. The molecule has 1 atom stereocenters. The summed E-state index contributed by atoms with van der Waals surface area (Å²) in [7, 11) is 0. The van der Waals surface area contributed by atoms with Gasteiger partial charge in [-0.1, -0.05) is 23.7 Å². The molecule has 0 spiro atoms. The highest BCUT2D eigenvalue weighted by atomic mass is 35.8. The van der Waals surface area contributed by atoms with Crippen LogP contribution in [0.5, 0.6) is 0 Å². The maximum absolute atomic E-state index is 6.06. The predicted molar refractivity (Wildman–Crippen MR) is 85.6 cm³/mol. The van der Waals surface area contributed by atoms with Crippen LogP contribution >= 0.6 is 78.1 Å². The van der Waals surface area contributed by atoms with E-state index >= 15 is 0 Å². The monoisotopic (exact) mass is 404 g/mol. The summed E-state index contributed by atoms with van der Waals surface area (Å²) >= 11 is 41.7. The zero-order chi connectivity index (χ0) is 13.3. The van der Waals surface area contributed by atoms with E-state index in [4.69, 9.17) is 78.1 Å². The van der Waals surface area contributed by atoms with Gasteiger partial charge in [0.15, 0.2) is 0 Å². The fourth-order valence-electron chi connectivity index (χ4n) is 1.35. The Morgan fingerprint density at radius 1 is 0.882 bits per heavy atom. The predicted octanol–water partition coefficient (Wildman–Crippen LogP) is 6.27. The molecule has 96 valence electrons. The van der Waals surface area contributed by atoms with E-state index in [1.54, 1.807) is 24.3 Å². The summed E-state index contributed by atoms with van der Waals surface area (Å²) in [4.78, 5) is 0. The average molecular weight is 407 g/mol. The van der Waals surface area contributed by atoms with Gasteiger partial charge in [-0.3, -0.25) is 0 Å². The highest BCUT2D eigenvalue weighted by Crippen LogP contribution is 2.44. The third-order valence-corrected chi connectivity index (χ3v) is 8.72. The molecule has 0 bridgehead atoms. The Kier molecular flexibility index (Phi) is 6.32. The molecule has 1 aromatic carbocycles. The van der Waals surface area contributed by atoms with E-state index in [1.165, 1.54) is 0 Å². The van der Waals surface area contributed by atoms with Crippen LogP contribution in [0.3, 0.4) is 0 Å². The molecule has 17 heavy (non-hydrogen) atoms. The minimum atomic E-state index is -3.00. The fraction of sp³-hybridized carbons (Fsp3) is 0.250. The topological polar surface area (TPSA) is 0 Å². The molecule has 9 heteroatoms. The van der Waals surface area contributed by atoms with Crippen molar-refractivity contribution in [2.75, 3.05) is 0 Å². The van der Waals surface area contributed by atoms with Crippen molar-refractivity contribution in [2.24, 2.45) is 0 Å². The molecular weight excluding hydrogens is 400 g/mol. The zero-order valence-corrected chi connectivity index (χ0v) is 15.5. The van der Waals surface area contributed by atoms with Gasteiger partial charge >= 0.3 is 12.0 Å². The molecule has 0 N–H and O–H groups in total. The summed E-state index contributed by atoms with van der Waals surface area (Å²) in [5.74, 6) is 0. The van der Waals surface area contributed by atoms with Gasteiger partial charge in [-0.2, -0.15) is 0 Å². The Morgan fingerprint density at radius 2 is 1.35 bits per heavy atom. The van der Waals surface area contributed by atoms with Crippen LogP contribution in [0, 0.1) is 0 Å². The second-order valence-corrected chi connectivity index (χ2v) is 22.0. The first-order valence-corrected chi connectivity index (χ1v) is 15.2. The summed E-state index contributed by atoms with van der Waals surface area (Å²) in [6, 6.07) is 1.49. The van der Waals surface area contributed by atoms with Gasteiger partial charge in [0.1, 0.15) is 0 Å². The number of rotatable bonds is 4. The highest BCUT2D eigenvalue weighted by molar-refractivity contribution is 7.67. The molecule has 0 aliphatic rings. The second kappa shape index (κ2) is 6.42. The lowest BCUT2D eigenvalue weighted by Gasteiger charge is -2.25. The number of hydrogen-bond acceptors (Lipinski definition) is 0. The number of halogens is 7. The molecule has 0 fully saturated rings. The van der Waals surface area contributed by atoms with E-state index in [0.29, 0.717) is 11.1 Å². The molecule has 0 radical (unpaired) electrons. The van der Waals surface area contributed by atoms with Gasteiger partial charge < -0.3 is 0 Å². The molecule has 0 aliphatic carbocycles. The minimum absolute atomic E-state index is 0.294. The van der Waals surface area contributed by atoms with E-state index < -0.39 is 12.0 Å². The average Bonchev–Trinajstić information content (AvgIpc) is 2.13. The van der Waals surface area contributed by atoms with Gasteiger partial charge in [0.2, 0.25) is 0 Å². The van der Waals surface area contributed by atoms with Crippen LogP contribution in [-0.4, -0.2) is 12.0 Å². The summed E-state index contributed by atoms with van der Waals surface area (Å²) in [5.41, 5.74) is 0.517. The van der Waals surface area contributed by atoms with Gasteiger partial charge in [-0.15, -0.1) is 66.5 Å². The lowest BCUT2D eigenvalue weighted by molar-refractivity contribution is 1.05. The lowest BCUT2D eigenvalue weighted by Crippen LogP contribution is -2.28. The second-order valence-electron chi connectivity index (χ2n) is 3.47. The number of hydrogen-bond donors (Lipinski definition) is 0. The first kappa shape index (κ1) is 16.7. The van der Waals surface area contributed by atoms with E-state index in [-0.39, 0.29) is 5.54 Å². The Balaban J connectivity index is 3.03. The molecule has 0 saturated carbocycles. The molecule has 0 unspecified atom stereocenters. The maximum Gasteiger partial charge on any atom is 0.348 e. The minimum Gasteiger partial charge on any atom is -0.126 e. The highest BCUT2D eigenvalue weighted by Gasteiger charge is 2.43. The molecule has 1 rings (SSSR count). The largest absolute Gasteiger partial charge is 0.348 e. The van der Waals surface area contributed by atoms with Gasteiger partial charge in [0, 0.05) is 10.6 Å². The van der Waals surface area contributed by atoms with Crippen molar-refractivity contribution in [1.29, 1.82) is 0 Å². The van der Waals surface area contributed by atoms with Crippen LogP contribution in [0.2, 0.25) is 11.1 Å². The molecule has 0 saturated heterocycles. The summed E-state index contributed by atoms with van der Waals surface area (Å²) in [5, 5.41) is 0.615. The van der Waals surface area contributed by atoms with E-state index in [9.17, 15) is 0 Å². The van der Waals surface area contributed by atoms with E-state index in [0.717, 1.165) is 5.56 Å². The van der Waals surface area contributed by atoms with E-state index in [1.807, 2.05) is 0 Å². The van der Waals surface area contributed by atoms with Crippen molar-refractivity contribution >= 4 is 90.1 Å². The molecule has 1 aromatic rings. The quantitative estimate of drug-likeness (QED) is 0.407. The molecule has 0 heterocycles. The third kappa shape index (κ3) is 6.11. The normalized spacial score (nSPS) is 14.8. The molecule has 0 aromatic heterocycles. The zero-order valence-electron chi connectivity index (χ0n) is 8.24. The molecule has 0 nitrogen and oxygen atoms in total. The Bertz CT molecular complexity index is 367. The van der Waals surface area contributed by atoms with Crippen LogP contribution in [0.15, 0.2) is 24.3 Å². The van der Waals surface area contributed by atoms with Gasteiger partial charge in [-0.25, -0.2) is 0 Å². The summed E-state index contributed by atoms with van der Waals surface area (Å²) < 4.78 is 0. The Labute approximate surface area is 135 Å². The first-order valence-electron chi connectivity index (χ1n) is 4.48. The van der Waals surface area contributed by atoms with Crippen molar-refractivity contribution < 1.29 is 0 Å². The SMILES string of the molecule is Clc1ccc([C@H](C[Si](Cl)(Cl)Cl)[Si](Cl)(Cl)Cl)cc1. The van der Waals surface area contributed by atoms with Crippen LogP contribution < -0.4 is 0 Å². The number of benzene rings is 1. The Morgan fingerprint density at radius 3 is 1.71 bits per heavy atom. The fourth-order valence-corrected chi connectivity index (χ4v) is 10.4. The smallest absolute Gasteiger partial charge is 0.126 e. The lowest BCUT2D eigenvalue weighted by atomic mass is 10.2. The Hall–Kier alpha value is 1.68. The first-order chi connectivity index (χ1) is 7.59. The molecule has 0 amide bonds. The molecule has 0 aliphatic heterocycles. The van der Waals surface area contributed by atoms with Crippen molar-refractivity contribution in [3.05, 3.63) is 34.9 Å². The maximum atomic E-state index is 6.06. The summed E-state index contributed by atoms with van der Waals surface area (Å²) in [6.07, 6.45) is 0.